The molecule has 0 nitrogen and oxygen atoms in total. The average Bonchev–Trinajstić information content (AvgIpc) is 3.49. The molecule has 6 aromatic carbocycles. The number of hydrogen-bond donors (Lipinski definition) is 0. The molecule has 0 saturated carbocycles. The summed E-state index contributed by atoms with van der Waals surface area (Å²) in [6.07, 6.45) is 0. The predicted octanol–water partition coefficient (Wildman–Crippen LogP) is 6.06. The van der Waals surface area contributed by atoms with Crippen LogP contribution in [0.1, 0.15) is 81.3 Å². The molecule has 0 bridgehead atoms. The number of aryl methyl sites for hydroxylation is 6. The third-order valence-electron chi connectivity index (χ3n) is 9.18. The van der Waals surface area contributed by atoms with Crippen molar-refractivity contribution in [2.24, 2.45) is 0 Å². The van der Waals surface area contributed by atoms with Crippen molar-refractivity contribution >= 4 is 27.0 Å². The standard InChI is InChI=1S/2C20H21.C2H6Si.2ClH.Zr/c2*1-13-10-11-18(16(4)17-8-6-5-7-9-17)20-15(3)14(2)12-19(13)20;1-3-2;;;/h2*5-12,16H,1-4H3;1-2H3;2*1H;/q2*-1;;;;+2/p-2. The van der Waals surface area contributed by atoms with E-state index in [9.17, 15) is 0 Å². The second-order valence-corrected chi connectivity index (χ2v) is 22.1. The van der Waals surface area contributed by atoms with Crippen LogP contribution in [0.4, 0.5) is 0 Å². The Bertz CT molecular complexity index is 1740. The molecule has 4 heteroatoms. The summed E-state index contributed by atoms with van der Waals surface area (Å²) in [5, 5.41) is 5.75. The summed E-state index contributed by atoms with van der Waals surface area (Å²) in [7, 11) is 0. The van der Waals surface area contributed by atoms with Crippen LogP contribution in [0.3, 0.4) is 0 Å². The number of benzene rings is 4. The Balaban J connectivity index is 0.000000276. The molecular weight excluding hydrogens is 695 g/mol. The molecule has 0 fully saturated rings. The van der Waals surface area contributed by atoms with Crippen LogP contribution in [0.5, 0.6) is 0 Å². The predicted molar refractivity (Wildman–Crippen MR) is 193 cm³/mol. The first kappa shape index (κ1) is 40.0. The molecule has 2 unspecified atom stereocenters. The summed E-state index contributed by atoms with van der Waals surface area (Å²) < 4.78 is 0. The molecule has 0 N–H and O–H groups in total. The van der Waals surface area contributed by atoms with Crippen molar-refractivity contribution < 1.29 is 48.1 Å². The Morgan fingerprint density at radius 2 is 0.826 bits per heavy atom. The van der Waals surface area contributed by atoms with Gasteiger partial charge in [-0.15, -0.1) is 68.1 Å². The van der Waals surface area contributed by atoms with E-state index in [0.717, 1.165) is 0 Å². The van der Waals surface area contributed by atoms with E-state index in [0.29, 0.717) is 11.8 Å². The van der Waals surface area contributed by atoms with E-state index < -0.39 is 0 Å². The van der Waals surface area contributed by atoms with Crippen LogP contribution in [-0.2, 0) is 23.3 Å². The van der Waals surface area contributed by atoms with Crippen LogP contribution in [0.15, 0.2) is 97.1 Å². The van der Waals surface area contributed by atoms with Gasteiger partial charge in [-0.25, -0.2) is 0 Å². The first-order valence-electron chi connectivity index (χ1n) is 15.9. The summed E-state index contributed by atoms with van der Waals surface area (Å²) >= 11 is 1.74. The fraction of sp³-hybridized carbons (Fsp3) is 0.286. The van der Waals surface area contributed by atoms with E-state index in [1.165, 1.54) is 77.2 Å². The van der Waals surface area contributed by atoms with Crippen LogP contribution < -0.4 is 24.8 Å². The average molecular weight is 743 g/mol. The summed E-state index contributed by atoms with van der Waals surface area (Å²) in [6.45, 7) is 22.6. The van der Waals surface area contributed by atoms with Crippen molar-refractivity contribution in [3.8, 4) is 0 Å². The summed E-state index contributed by atoms with van der Waals surface area (Å²) in [5.41, 5.74) is 14.3. The van der Waals surface area contributed by atoms with E-state index >= 15 is 0 Å². The largest absolute Gasteiger partial charge is 1.00 e. The number of hydrogen-bond acceptors (Lipinski definition) is 0. The monoisotopic (exact) mass is 740 g/mol. The maximum Gasteiger partial charge on any atom is -0.00275 e. The Morgan fingerprint density at radius 1 is 0.522 bits per heavy atom. The van der Waals surface area contributed by atoms with Gasteiger partial charge in [0.15, 0.2) is 0 Å². The minimum Gasteiger partial charge on any atom is -1.00 e. The molecule has 0 aromatic heterocycles. The molecule has 2 atom stereocenters. The molecule has 0 aliphatic carbocycles. The van der Waals surface area contributed by atoms with Crippen LogP contribution in [0.2, 0.25) is 13.1 Å². The van der Waals surface area contributed by atoms with Crippen LogP contribution >= 0.6 is 0 Å². The summed E-state index contributed by atoms with van der Waals surface area (Å²) in [5.74, 6) is 0.861. The van der Waals surface area contributed by atoms with Gasteiger partial charge in [0.2, 0.25) is 0 Å². The van der Waals surface area contributed by atoms with E-state index in [4.69, 9.17) is 0 Å². The fourth-order valence-electron chi connectivity index (χ4n) is 6.30. The fourth-order valence-corrected chi connectivity index (χ4v) is 6.30. The van der Waals surface area contributed by atoms with Gasteiger partial charge < -0.3 is 24.8 Å². The summed E-state index contributed by atoms with van der Waals surface area (Å²) in [4.78, 5) is 0. The SMILES string of the molecule is C[Si](C)=[Zr+2].Cc1[cH-]c2c(C)ccc(C(C)c3ccccc3)c2c1C.Cc1[cH-]c2c(C)ccc(C(C)c3ccccc3)c2c1C.[Cl-].[Cl-]. The molecule has 0 spiro atoms. The Labute approximate surface area is 306 Å². The van der Waals surface area contributed by atoms with Crippen molar-refractivity contribution in [3.05, 3.63) is 153 Å². The third kappa shape index (κ3) is 9.02. The maximum absolute atomic E-state index is 2.33. The first-order chi connectivity index (χ1) is 20.9. The van der Waals surface area contributed by atoms with Crippen LogP contribution in [0, 0.1) is 41.5 Å². The second-order valence-electron chi connectivity index (χ2n) is 12.7. The molecule has 240 valence electrons. The molecule has 6 rings (SSSR count). The van der Waals surface area contributed by atoms with E-state index in [2.05, 4.69) is 166 Å². The molecule has 0 saturated heterocycles. The van der Waals surface area contributed by atoms with E-state index in [1.54, 1.807) is 23.3 Å². The normalized spacial score (nSPS) is 11.7. The van der Waals surface area contributed by atoms with Crippen molar-refractivity contribution in [2.75, 3.05) is 0 Å². The van der Waals surface area contributed by atoms with Crippen molar-refractivity contribution in [3.63, 3.8) is 0 Å². The topological polar surface area (TPSA) is 0 Å². The van der Waals surface area contributed by atoms with Crippen molar-refractivity contribution in [1.29, 1.82) is 0 Å². The number of rotatable bonds is 4. The summed E-state index contributed by atoms with van der Waals surface area (Å²) in [6, 6.07) is 35.4. The van der Waals surface area contributed by atoms with Gasteiger partial charge in [0, 0.05) is 0 Å². The van der Waals surface area contributed by atoms with Gasteiger partial charge in [-0.05, 0) is 23.0 Å². The van der Waals surface area contributed by atoms with E-state index in [-0.39, 0.29) is 30.2 Å². The van der Waals surface area contributed by atoms with Gasteiger partial charge in [0.25, 0.3) is 0 Å². The second kappa shape index (κ2) is 17.8. The van der Waals surface area contributed by atoms with Crippen LogP contribution in [0.25, 0.3) is 21.5 Å². The Hall–Kier alpha value is -2.22. The van der Waals surface area contributed by atoms with Gasteiger partial charge >= 0.3 is 41.9 Å². The zero-order chi connectivity index (χ0) is 32.1. The maximum atomic E-state index is 2.33. The van der Waals surface area contributed by atoms with E-state index in [1.807, 2.05) is 0 Å². The molecule has 0 aliphatic rings. The number of fused-ring (bicyclic) bond motifs is 2. The minimum absolute atomic E-state index is 0. The molecule has 0 aliphatic heterocycles. The first-order valence-corrected chi connectivity index (χ1v) is 22.0. The molecule has 46 heavy (non-hydrogen) atoms. The molecule has 0 heterocycles. The van der Waals surface area contributed by atoms with Crippen molar-refractivity contribution in [2.45, 2.75) is 80.3 Å². The van der Waals surface area contributed by atoms with Gasteiger partial charge in [-0.2, -0.15) is 11.1 Å². The zero-order valence-corrected chi connectivity index (χ0v) is 34.1. The smallest absolute Gasteiger partial charge is 0.00275 e. The van der Waals surface area contributed by atoms with Gasteiger partial charge in [0.1, 0.15) is 0 Å². The molecule has 6 aromatic rings. The Morgan fingerprint density at radius 3 is 1.13 bits per heavy atom. The van der Waals surface area contributed by atoms with Crippen molar-refractivity contribution in [1.82, 2.24) is 0 Å². The van der Waals surface area contributed by atoms with Gasteiger partial charge in [-0.3, -0.25) is 0 Å². The number of halogens is 2. The zero-order valence-electron chi connectivity index (χ0n) is 29.1. The quantitative estimate of drug-likeness (QED) is 0.152. The molecule has 0 radical (unpaired) electrons. The van der Waals surface area contributed by atoms with Gasteiger partial charge in [0.05, 0.1) is 0 Å². The molecular formula is C42H48Cl2SiZr-2. The van der Waals surface area contributed by atoms with Crippen LogP contribution in [-0.4, -0.2) is 5.43 Å². The Kier molecular flexibility index (Phi) is 15.5. The van der Waals surface area contributed by atoms with Gasteiger partial charge in [-0.1, -0.05) is 139 Å². The minimum atomic E-state index is 0. The molecule has 0 amide bonds. The third-order valence-corrected chi connectivity index (χ3v) is 9.18.